The van der Waals surface area contributed by atoms with Crippen LogP contribution in [0.15, 0.2) is 24.3 Å². The molecule has 0 amide bonds. The van der Waals surface area contributed by atoms with Crippen LogP contribution >= 0.6 is 0 Å². The van der Waals surface area contributed by atoms with Gasteiger partial charge in [0.25, 0.3) is 0 Å². The van der Waals surface area contributed by atoms with Crippen LogP contribution in [0.2, 0.25) is 0 Å². The predicted octanol–water partition coefficient (Wildman–Crippen LogP) is 1.48. The quantitative estimate of drug-likeness (QED) is 0.646. The van der Waals surface area contributed by atoms with E-state index in [1.807, 2.05) is 6.07 Å². The van der Waals surface area contributed by atoms with Gasteiger partial charge >= 0.3 is 0 Å². The van der Waals surface area contributed by atoms with E-state index in [2.05, 4.69) is 23.1 Å². The van der Waals surface area contributed by atoms with Crippen LogP contribution in [0.3, 0.4) is 0 Å². The molecule has 1 aliphatic heterocycles. The number of fused-ring (bicyclic) bond motifs is 1. The first-order valence-corrected chi connectivity index (χ1v) is 4.33. The van der Waals surface area contributed by atoms with E-state index in [-0.39, 0.29) is 6.61 Å². The third-order valence-corrected chi connectivity index (χ3v) is 2.34. The van der Waals surface area contributed by atoms with Gasteiger partial charge in [0.1, 0.15) is 0 Å². The molecule has 0 saturated carbocycles. The van der Waals surface area contributed by atoms with Gasteiger partial charge in [-0.3, -0.25) is 0 Å². The Morgan fingerprint density at radius 3 is 3.00 bits per heavy atom. The van der Waals surface area contributed by atoms with E-state index < -0.39 is 0 Å². The SMILES string of the molecule is [O]CCN1CCc2ccccc21. The van der Waals surface area contributed by atoms with Gasteiger partial charge in [0.15, 0.2) is 0 Å². The van der Waals surface area contributed by atoms with Crippen molar-refractivity contribution >= 4 is 5.69 Å². The van der Waals surface area contributed by atoms with Crippen LogP contribution in [-0.2, 0) is 11.5 Å². The van der Waals surface area contributed by atoms with Crippen molar-refractivity contribution < 1.29 is 5.11 Å². The van der Waals surface area contributed by atoms with E-state index in [1.54, 1.807) is 0 Å². The highest BCUT2D eigenvalue weighted by molar-refractivity contribution is 5.57. The molecule has 0 saturated heterocycles. The van der Waals surface area contributed by atoms with Gasteiger partial charge in [0, 0.05) is 18.8 Å². The Labute approximate surface area is 72.4 Å². The molecule has 0 unspecified atom stereocenters. The Morgan fingerprint density at radius 1 is 1.33 bits per heavy atom. The Morgan fingerprint density at radius 2 is 2.17 bits per heavy atom. The molecule has 2 nitrogen and oxygen atoms in total. The topological polar surface area (TPSA) is 23.1 Å². The largest absolute Gasteiger partial charge is 0.369 e. The lowest BCUT2D eigenvalue weighted by Gasteiger charge is -2.16. The van der Waals surface area contributed by atoms with Gasteiger partial charge in [-0.25, -0.2) is 5.11 Å². The zero-order valence-electron chi connectivity index (χ0n) is 6.99. The Kier molecular flexibility index (Phi) is 2.00. The van der Waals surface area contributed by atoms with Gasteiger partial charge in [-0.1, -0.05) is 18.2 Å². The molecule has 2 heteroatoms. The molecular formula is C10H12NO. The maximum atomic E-state index is 10.5. The van der Waals surface area contributed by atoms with Crippen LogP contribution in [0.25, 0.3) is 0 Å². The first-order chi connectivity index (χ1) is 5.92. The van der Waals surface area contributed by atoms with Crippen molar-refractivity contribution in [2.24, 2.45) is 0 Å². The Hall–Kier alpha value is -1.02. The van der Waals surface area contributed by atoms with Crippen LogP contribution in [0.4, 0.5) is 5.69 Å². The van der Waals surface area contributed by atoms with Crippen molar-refractivity contribution in [3.05, 3.63) is 29.8 Å². The highest BCUT2D eigenvalue weighted by atomic mass is 16.3. The van der Waals surface area contributed by atoms with Crippen LogP contribution in [0.1, 0.15) is 5.56 Å². The number of benzene rings is 1. The molecule has 0 spiro atoms. The number of para-hydroxylation sites is 1. The molecule has 0 aliphatic carbocycles. The average molecular weight is 162 g/mol. The summed E-state index contributed by atoms with van der Waals surface area (Å²) in [5.41, 5.74) is 2.64. The minimum atomic E-state index is -0.00562. The van der Waals surface area contributed by atoms with Crippen molar-refractivity contribution in [1.82, 2.24) is 0 Å². The van der Waals surface area contributed by atoms with Crippen LogP contribution in [0, 0.1) is 0 Å². The number of nitrogens with zero attached hydrogens (tertiary/aromatic N) is 1. The second-order valence-electron chi connectivity index (χ2n) is 3.07. The van der Waals surface area contributed by atoms with E-state index in [4.69, 9.17) is 0 Å². The molecule has 0 N–H and O–H groups in total. The summed E-state index contributed by atoms with van der Waals surface area (Å²) in [6.45, 7) is 1.66. The van der Waals surface area contributed by atoms with E-state index in [1.165, 1.54) is 11.3 Å². The summed E-state index contributed by atoms with van der Waals surface area (Å²) in [6.07, 6.45) is 1.09. The molecule has 0 fully saturated rings. The highest BCUT2D eigenvalue weighted by Crippen LogP contribution is 2.26. The van der Waals surface area contributed by atoms with Crippen LogP contribution in [-0.4, -0.2) is 19.7 Å². The second kappa shape index (κ2) is 3.15. The van der Waals surface area contributed by atoms with Gasteiger partial charge in [-0.15, -0.1) is 0 Å². The van der Waals surface area contributed by atoms with Gasteiger partial charge in [-0.05, 0) is 18.1 Å². The molecule has 1 heterocycles. The fourth-order valence-corrected chi connectivity index (χ4v) is 1.75. The zero-order valence-corrected chi connectivity index (χ0v) is 6.99. The summed E-state index contributed by atoms with van der Waals surface area (Å²) in [4.78, 5) is 2.17. The summed E-state index contributed by atoms with van der Waals surface area (Å²) in [5.74, 6) is 0. The highest BCUT2D eigenvalue weighted by Gasteiger charge is 2.16. The van der Waals surface area contributed by atoms with Crippen LogP contribution in [0.5, 0.6) is 0 Å². The smallest absolute Gasteiger partial charge is 0.0997 e. The van der Waals surface area contributed by atoms with Gasteiger partial charge in [0.2, 0.25) is 0 Å². The Balaban J connectivity index is 2.24. The van der Waals surface area contributed by atoms with Crippen molar-refractivity contribution in [1.29, 1.82) is 0 Å². The molecule has 2 rings (SSSR count). The third-order valence-electron chi connectivity index (χ3n) is 2.34. The molecule has 1 aromatic rings. The van der Waals surface area contributed by atoms with Gasteiger partial charge in [-0.2, -0.15) is 0 Å². The fourth-order valence-electron chi connectivity index (χ4n) is 1.75. The molecule has 12 heavy (non-hydrogen) atoms. The summed E-state index contributed by atoms with van der Waals surface area (Å²) < 4.78 is 0. The maximum absolute atomic E-state index is 10.5. The van der Waals surface area contributed by atoms with E-state index in [9.17, 15) is 5.11 Å². The van der Waals surface area contributed by atoms with E-state index in [0.29, 0.717) is 6.54 Å². The number of anilines is 1. The average Bonchev–Trinajstić information content (AvgIpc) is 2.50. The normalized spacial score (nSPS) is 14.9. The number of rotatable bonds is 2. The molecule has 1 aromatic carbocycles. The van der Waals surface area contributed by atoms with E-state index >= 15 is 0 Å². The zero-order chi connectivity index (χ0) is 8.39. The molecule has 0 aromatic heterocycles. The summed E-state index contributed by atoms with van der Waals surface area (Å²) in [7, 11) is 0. The minimum Gasteiger partial charge on any atom is -0.369 e. The van der Waals surface area contributed by atoms with Gasteiger partial charge < -0.3 is 4.90 Å². The summed E-state index contributed by atoms with van der Waals surface area (Å²) in [5, 5.41) is 10.5. The molecule has 63 valence electrons. The Bertz CT molecular complexity index is 270. The van der Waals surface area contributed by atoms with Crippen molar-refractivity contribution in [2.45, 2.75) is 6.42 Å². The monoisotopic (exact) mass is 162 g/mol. The first-order valence-electron chi connectivity index (χ1n) is 4.33. The third kappa shape index (κ3) is 1.18. The second-order valence-corrected chi connectivity index (χ2v) is 3.07. The predicted molar refractivity (Wildman–Crippen MR) is 47.9 cm³/mol. The first kappa shape index (κ1) is 7.62. The van der Waals surface area contributed by atoms with Crippen molar-refractivity contribution in [3.8, 4) is 0 Å². The minimum absolute atomic E-state index is 0.00562. The molecular weight excluding hydrogens is 150 g/mol. The van der Waals surface area contributed by atoms with E-state index in [0.717, 1.165) is 13.0 Å². The number of hydrogen-bond donors (Lipinski definition) is 0. The lowest BCUT2D eigenvalue weighted by Crippen LogP contribution is -2.23. The lowest BCUT2D eigenvalue weighted by molar-refractivity contribution is 0.201. The molecule has 1 radical (unpaired) electrons. The summed E-state index contributed by atoms with van der Waals surface area (Å²) in [6, 6.07) is 8.32. The van der Waals surface area contributed by atoms with Gasteiger partial charge in [0.05, 0.1) is 6.61 Å². The summed E-state index contributed by atoms with van der Waals surface area (Å²) >= 11 is 0. The molecule has 0 bridgehead atoms. The maximum Gasteiger partial charge on any atom is 0.0997 e. The molecule has 1 aliphatic rings. The van der Waals surface area contributed by atoms with Crippen molar-refractivity contribution in [2.75, 3.05) is 24.6 Å². The standard InChI is InChI=1S/C10H12NO/c12-8-7-11-6-5-9-3-1-2-4-10(9)11/h1-4H,5-8H2. The fraction of sp³-hybridized carbons (Fsp3) is 0.400. The number of hydrogen-bond acceptors (Lipinski definition) is 1. The van der Waals surface area contributed by atoms with Crippen LogP contribution < -0.4 is 4.90 Å². The molecule has 0 atom stereocenters. The lowest BCUT2D eigenvalue weighted by atomic mass is 10.2. The van der Waals surface area contributed by atoms with Crippen molar-refractivity contribution in [3.63, 3.8) is 0 Å².